The van der Waals surface area contributed by atoms with Gasteiger partial charge in [0.2, 0.25) is 21.8 Å². The number of anilines is 1. The van der Waals surface area contributed by atoms with Crippen molar-refractivity contribution < 1.29 is 26.8 Å². The van der Waals surface area contributed by atoms with Gasteiger partial charge < -0.3 is 10.2 Å². The molecule has 0 radical (unpaired) electrons. The Balaban J connectivity index is 1.73. The molecular weight excluding hydrogens is 500 g/mol. The first-order valence-corrected chi connectivity index (χ1v) is 14.4. The summed E-state index contributed by atoms with van der Waals surface area (Å²) < 4.78 is 52.7. The van der Waals surface area contributed by atoms with Crippen molar-refractivity contribution in [1.29, 1.82) is 0 Å². The molecule has 0 aliphatic heterocycles. The lowest BCUT2D eigenvalue weighted by atomic mass is 10.1. The zero-order valence-corrected chi connectivity index (χ0v) is 22.4. The van der Waals surface area contributed by atoms with E-state index >= 15 is 0 Å². The lowest BCUT2D eigenvalue weighted by Crippen LogP contribution is -2.49. The number of hydrogen-bond donors (Lipinski definition) is 1. The van der Waals surface area contributed by atoms with Crippen LogP contribution in [-0.2, 0) is 26.2 Å². The van der Waals surface area contributed by atoms with Crippen molar-refractivity contribution in [2.45, 2.75) is 71.0 Å². The smallest absolute Gasteiger partial charge is 0.242 e. The standard InChI is InChI=1S/C27H35F2N3O4S/c1-19-9-4-5-10-21(19)18-31(20(2)27(34)30-22-11-6-7-12-22)26(33)13-8-16-32(37(3,35)36)23-14-15-24(28)25(29)17-23/h4-5,9-10,14-15,17,20,22H,6-8,11-13,16,18H2,1-3H3,(H,30,34)/t20-/m0/s1. The molecule has 37 heavy (non-hydrogen) atoms. The van der Waals surface area contributed by atoms with Crippen LogP contribution in [0.1, 0.15) is 56.6 Å². The second-order valence-corrected chi connectivity index (χ2v) is 11.6. The number of hydrogen-bond acceptors (Lipinski definition) is 4. The van der Waals surface area contributed by atoms with Gasteiger partial charge in [0.1, 0.15) is 6.04 Å². The fourth-order valence-corrected chi connectivity index (χ4v) is 5.55. The fourth-order valence-electron chi connectivity index (χ4n) is 4.59. The van der Waals surface area contributed by atoms with E-state index in [2.05, 4.69) is 5.32 Å². The van der Waals surface area contributed by atoms with Crippen LogP contribution < -0.4 is 9.62 Å². The average molecular weight is 536 g/mol. The lowest BCUT2D eigenvalue weighted by molar-refractivity contribution is -0.141. The summed E-state index contributed by atoms with van der Waals surface area (Å²) >= 11 is 0. The zero-order valence-electron chi connectivity index (χ0n) is 21.5. The topological polar surface area (TPSA) is 86.8 Å². The van der Waals surface area contributed by atoms with Gasteiger partial charge in [0.15, 0.2) is 11.6 Å². The maximum absolute atomic E-state index is 13.7. The molecule has 202 valence electrons. The molecule has 0 spiro atoms. The number of aryl methyl sites for hydroxylation is 1. The minimum Gasteiger partial charge on any atom is -0.352 e. The minimum absolute atomic E-state index is 0.0186. The van der Waals surface area contributed by atoms with E-state index in [1.807, 2.05) is 31.2 Å². The van der Waals surface area contributed by atoms with E-state index < -0.39 is 27.7 Å². The van der Waals surface area contributed by atoms with Crippen LogP contribution >= 0.6 is 0 Å². The van der Waals surface area contributed by atoms with E-state index in [4.69, 9.17) is 0 Å². The Kier molecular flexibility index (Phi) is 9.64. The van der Waals surface area contributed by atoms with Crippen molar-refractivity contribution in [2.24, 2.45) is 0 Å². The number of nitrogens with zero attached hydrogens (tertiary/aromatic N) is 2. The van der Waals surface area contributed by atoms with Gasteiger partial charge in [-0.1, -0.05) is 37.1 Å². The van der Waals surface area contributed by atoms with E-state index in [9.17, 15) is 26.8 Å². The molecule has 0 aromatic heterocycles. The molecule has 2 aromatic rings. The third-order valence-corrected chi connectivity index (χ3v) is 8.01. The Bertz CT molecular complexity index is 1220. The van der Waals surface area contributed by atoms with Crippen molar-refractivity contribution in [3.8, 4) is 0 Å². The Morgan fingerprint density at radius 1 is 1.08 bits per heavy atom. The summed E-state index contributed by atoms with van der Waals surface area (Å²) in [6.07, 6.45) is 5.07. The monoisotopic (exact) mass is 535 g/mol. The Labute approximate surface area is 217 Å². The Morgan fingerprint density at radius 3 is 2.38 bits per heavy atom. The summed E-state index contributed by atoms with van der Waals surface area (Å²) in [7, 11) is -3.81. The number of carbonyl (C=O) groups excluding carboxylic acids is 2. The fraction of sp³-hybridized carbons (Fsp3) is 0.481. The van der Waals surface area contributed by atoms with Crippen LogP contribution in [0.5, 0.6) is 0 Å². The van der Waals surface area contributed by atoms with Crippen LogP contribution in [0.25, 0.3) is 0 Å². The van der Waals surface area contributed by atoms with Crippen molar-refractivity contribution in [1.82, 2.24) is 10.2 Å². The van der Waals surface area contributed by atoms with E-state index in [-0.39, 0.29) is 49.5 Å². The highest BCUT2D eigenvalue weighted by molar-refractivity contribution is 7.92. The van der Waals surface area contributed by atoms with Crippen molar-refractivity contribution in [2.75, 3.05) is 17.1 Å². The molecule has 0 heterocycles. The summed E-state index contributed by atoms with van der Waals surface area (Å²) in [4.78, 5) is 27.9. The Morgan fingerprint density at radius 2 is 1.76 bits per heavy atom. The largest absolute Gasteiger partial charge is 0.352 e. The summed E-state index contributed by atoms with van der Waals surface area (Å²) in [6.45, 7) is 3.78. The van der Waals surface area contributed by atoms with Crippen LogP contribution in [0.2, 0.25) is 0 Å². The second-order valence-electron chi connectivity index (χ2n) is 9.65. The highest BCUT2D eigenvalue weighted by Crippen LogP contribution is 2.22. The van der Waals surface area contributed by atoms with Gasteiger partial charge in [-0.2, -0.15) is 0 Å². The second kappa shape index (κ2) is 12.5. The number of halogens is 2. The molecule has 3 rings (SSSR count). The molecule has 1 N–H and O–H groups in total. The predicted octanol–water partition coefficient (Wildman–Crippen LogP) is 4.30. The van der Waals surface area contributed by atoms with Crippen LogP contribution in [0, 0.1) is 18.6 Å². The molecule has 0 bridgehead atoms. The van der Waals surface area contributed by atoms with Gasteiger partial charge in [0, 0.05) is 31.6 Å². The summed E-state index contributed by atoms with van der Waals surface area (Å²) in [5.74, 6) is -2.75. The summed E-state index contributed by atoms with van der Waals surface area (Å²) in [5.41, 5.74) is 1.89. The molecular formula is C27H35F2N3O4S. The van der Waals surface area contributed by atoms with Crippen molar-refractivity contribution >= 4 is 27.5 Å². The molecule has 10 heteroatoms. The first-order valence-electron chi connectivity index (χ1n) is 12.5. The first kappa shape index (κ1) is 28.6. The summed E-state index contributed by atoms with van der Waals surface area (Å²) in [6, 6.07) is 9.88. The third kappa shape index (κ3) is 7.74. The number of benzene rings is 2. The van der Waals surface area contributed by atoms with Gasteiger partial charge >= 0.3 is 0 Å². The van der Waals surface area contributed by atoms with Crippen LogP contribution in [0.3, 0.4) is 0 Å². The molecule has 1 saturated carbocycles. The van der Waals surface area contributed by atoms with E-state index in [0.717, 1.165) is 59.5 Å². The quantitative estimate of drug-likeness (QED) is 0.465. The summed E-state index contributed by atoms with van der Waals surface area (Å²) in [5, 5.41) is 3.05. The molecule has 7 nitrogen and oxygen atoms in total. The van der Waals surface area contributed by atoms with E-state index in [1.165, 1.54) is 11.0 Å². The van der Waals surface area contributed by atoms with Gasteiger partial charge in [-0.05, 0) is 56.4 Å². The van der Waals surface area contributed by atoms with Gasteiger partial charge in [0.25, 0.3) is 0 Å². The van der Waals surface area contributed by atoms with E-state index in [1.54, 1.807) is 6.92 Å². The molecule has 0 unspecified atom stereocenters. The van der Waals surface area contributed by atoms with Gasteiger partial charge in [-0.25, -0.2) is 17.2 Å². The lowest BCUT2D eigenvalue weighted by Gasteiger charge is -2.30. The SMILES string of the molecule is Cc1ccccc1CN(C(=O)CCCN(c1ccc(F)c(F)c1)S(C)(=O)=O)[C@@H](C)C(=O)NC1CCCC1. The first-order chi connectivity index (χ1) is 17.5. The maximum Gasteiger partial charge on any atom is 0.242 e. The van der Waals surface area contributed by atoms with Crippen molar-refractivity contribution in [3.05, 3.63) is 65.2 Å². The zero-order chi connectivity index (χ0) is 27.2. The molecule has 1 fully saturated rings. The number of nitrogens with one attached hydrogen (secondary N) is 1. The molecule has 1 aliphatic carbocycles. The van der Waals surface area contributed by atoms with Gasteiger partial charge in [0.05, 0.1) is 11.9 Å². The molecule has 0 saturated heterocycles. The van der Waals surface area contributed by atoms with Gasteiger partial charge in [-0.15, -0.1) is 0 Å². The number of sulfonamides is 1. The molecule has 1 aliphatic rings. The molecule has 2 amide bonds. The highest BCUT2D eigenvalue weighted by atomic mass is 32.2. The minimum atomic E-state index is -3.81. The normalized spacial score (nSPS) is 14.8. The highest BCUT2D eigenvalue weighted by Gasteiger charge is 2.29. The van der Waals surface area contributed by atoms with E-state index in [0.29, 0.717) is 0 Å². The number of rotatable bonds is 11. The number of carbonyl (C=O) groups is 2. The third-order valence-electron chi connectivity index (χ3n) is 6.81. The van der Waals surface area contributed by atoms with Gasteiger partial charge in [-0.3, -0.25) is 13.9 Å². The van der Waals surface area contributed by atoms with Crippen molar-refractivity contribution in [3.63, 3.8) is 0 Å². The predicted molar refractivity (Wildman–Crippen MR) is 139 cm³/mol. The Hall–Kier alpha value is -3.01. The average Bonchev–Trinajstić information content (AvgIpc) is 3.35. The van der Waals surface area contributed by atoms with Crippen LogP contribution in [0.4, 0.5) is 14.5 Å². The van der Waals surface area contributed by atoms with Crippen LogP contribution in [0.15, 0.2) is 42.5 Å². The molecule has 1 atom stereocenters. The maximum atomic E-state index is 13.7. The van der Waals surface area contributed by atoms with Crippen LogP contribution in [-0.4, -0.2) is 50.0 Å². The molecule has 2 aromatic carbocycles. The number of amides is 2.